The van der Waals surface area contributed by atoms with Gasteiger partial charge >= 0.3 is 0 Å². The lowest BCUT2D eigenvalue weighted by molar-refractivity contribution is -0.176. The fourth-order valence-corrected chi connectivity index (χ4v) is 3.44. The Kier molecular flexibility index (Phi) is 3.32. The molecule has 102 valence electrons. The highest BCUT2D eigenvalue weighted by Crippen LogP contribution is 2.51. The first-order valence-corrected chi connectivity index (χ1v) is 7.26. The maximum absolute atomic E-state index is 11.9. The number of nitrogens with one attached hydrogen (secondary N) is 1. The van der Waals surface area contributed by atoms with Gasteiger partial charge in [0.1, 0.15) is 0 Å². The summed E-state index contributed by atoms with van der Waals surface area (Å²) in [5.41, 5.74) is 0.152. The Morgan fingerprint density at radius 3 is 2.72 bits per heavy atom. The molecular formula is C14H23NO3. The third-order valence-electron chi connectivity index (χ3n) is 4.84. The molecule has 1 saturated heterocycles. The first-order valence-electron chi connectivity index (χ1n) is 7.26. The molecule has 1 spiro atoms. The third kappa shape index (κ3) is 2.05. The van der Waals surface area contributed by atoms with E-state index in [1.54, 1.807) is 0 Å². The molecule has 2 aliphatic carbocycles. The summed E-state index contributed by atoms with van der Waals surface area (Å²) in [6.07, 6.45) is 5.48. The maximum Gasteiger partial charge on any atom is 0.223 e. The lowest BCUT2D eigenvalue weighted by Gasteiger charge is -2.57. The molecule has 0 aromatic rings. The predicted octanol–water partition coefficient (Wildman–Crippen LogP) is 1.49. The Bertz CT molecular complexity index is 321. The minimum absolute atomic E-state index is 0.152. The lowest BCUT2D eigenvalue weighted by atomic mass is 9.57. The molecule has 0 unspecified atom stereocenters. The average molecular weight is 253 g/mol. The van der Waals surface area contributed by atoms with Crippen LogP contribution in [-0.2, 0) is 14.3 Å². The fraction of sp³-hybridized carbons (Fsp3) is 0.929. The molecule has 0 radical (unpaired) electrons. The number of amides is 1. The smallest absolute Gasteiger partial charge is 0.223 e. The van der Waals surface area contributed by atoms with Gasteiger partial charge in [0.25, 0.3) is 0 Å². The van der Waals surface area contributed by atoms with E-state index < -0.39 is 0 Å². The highest BCUT2D eigenvalue weighted by molar-refractivity contribution is 5.81. The van der Waals surface area contributed by atoms with Crippen LogP contribution in [0.5, 0.6) is 0 Å². The predicted molar refractivity (Wildman–Crippen MR) is 67.2 cm³/mol. The van der Waals surface area contributed by atoms with Gasteiger partial charge in [-0.1, -0.05) is 0 Å². The van der Waals surface area contributed by atoms with E-state index in [9.17, 15) is 4.79 Å². The van der Waals surface area contributed by atoms with Crippen LogP contribution in [0.4, 0.5) is 0 Å². The van der Waals surface area contributed by atoms with Crippen molar-refractivity contribution >= 4 is 5.91 Å². The first kappa shape index (κ1) is 12.4. The van der Waals surface area contributed by atoms with E-state index in [0.717, 1.165) is 51.9 Å². The summed E-state index contributed by atoms with van der Waals surface area (Å²) >= 11 is 0. The quantitative estimate of drug-likeness (QED) is 0.825. The molecule has 18 heavy (non-hydrogen) atoms. The molecule has 0 bridgehead atoms. The molecule has 0 aromatic heterocycles. The van der Waals surface area contributed by atoms with E-state index in [4.69, 9.17) is 9.47 Å². The largest absolute Gasteiger partial charge is 0.381 e. The van der Waals surface area contributed by atoms with Gasteiger partial charge in [0.2, 0.25) is 5.91 Å². The van der Waals surface area contributed by atoms with Crippen LogP contribution in [0.25, 0.3) is 0 Å². The van der Waals surface area contributed by atoms with Gasteiger partial charge < -0.3 is 14.8 Å². The van der Waals surface area contributed by atoms with Crippen LogP contribution in [0.2, 0.25) is 0 Å². The van der Waals surface area contributed by atoms with Crippen LogP contribution in [-0.4, -0.2) is 37.9 Å². The summed E-state index contributed by atoms with van der Waals surface area (Å²) in [6, 6.07) is 0.311. The summed E-state index contributed by atoms with van der Waals surface area (Å²) in [5.74, 6) is 0.564. The van der Waals surface area contributed by atoms with E-state index in [0.29, 0.717) is 18.1 Å². The summed E-state index contributed by atoms with van der Waals surface area (Å²) in [7, 11) is 0. The Morgan fingerprint density at radius 2 is 2.11 bits per heavy atom. The number of carbonyl (C=O) groups excluding carboxylic acids is 1. The van der Waals surface area contributed by atoms with Crippen molar-refractivity contribution in [2.45, 2.75) is 51.2 Å². The summed E-state index contributed by atoms with van der Waals surface area (Å²) in [6.45, 7) is 4.42. The monoisotopic (exact) mass is 253 g/mol. The normalized spacial score (nSPS) is 34.1. The van der Waals surface area contributed by atoms with Crippen LogP contribution in [0, 0.1) is 11.3 Å². The van der Waals surface area contributed by atoms with Gasteiger partial charge in [0.15, 0.2) is 0 Å². The number of ether oxygens (including phenoxy) is 2. The van der Waals surface area contributed by atoms with E-state index >= 15 is 0 Å². The Labute approximate surface area is 108 Å². The molecule has 0 aromatic carbocycles. The molecule has 3 rings (SSSR count). The molecular weight excluding hydrogens is 230 g/mol. The van der Waals surface area contributed by atoms with Gasteiger partial charge in [-0.2, -0.15) is 0 Å². The summed E-state index contributed by atoms with van der Waals surface area (Å²) in [5, 5.41) is 3.25. The Balaban J connectivity index is 1.64. The molecule has 2 saturated carbocycles. The van der Waals surface area contributed by atoms with Crippen LogP contribution in [0.1, 0.15) is 39.0 Å². The number of rotatable bonds is 4. The molecule has 3 fully saturated rings. The topological polar surface area (TPSA) is 47.6 Å². The molecule has 4 nitrogen and oxygen atoms in total. The Morgan fingerprint density at radius 1 is 1.39 bits per heavy atom. The van der Waals surface area contributed by atoms with Gasteiger partial charge in [-0.15, -0.1) is 0 Å². The van der Waals surface area contributed by atoms with Gasteiger partial charge in [0.05, 0.1) is 6.10 Å². The van der Waals surface area contributed by atoms with Crippen LogP contribution >= 0.6 is 0 Å². The molecule has 3 aliphatic rings. The van der Waals surface area contributed by atoms with Crippen molar-refractivity contribution in [3.63, 3.8) is 0 Å². The second-order valence-electron chi connectivity index (χ2n) is 5.86. The van der Waals surface area contributed by atoms with Crippen molar-refractivity contribution in [2.75, 3.05) is 19.8 Å². The van der Waals surface area contributed by atoms with Crippen molar-refractivity contribution in [1.82, 2.24) is 5.32 Å². The summed E-state index contributed by atoms with van der Waals surface area (Å²) in [4.78, 5) is 11.9. The zero-order chi connectivity index (χ0) is 12.6. The zero-order valence-corrected chi connectivity index (χ0v) is 11.1. The number of carbonyl (C=O) groups is 1. The van der Waals surface area contributed by atoms with Crippen molar-refractivity contribution < 1.29 is 14.3 Å². The van der Waals surface area contributed by atoms with Crippen LogP contribution < -0.4 is 5.32 Å². The van der Waals surface area contributed by atoms with E-state index in [1.165, 1.54) is 0 Å². The van der Waals surface area contributed by atoms with Crippen LogP contribution in [0.15, 0.2) is 0 Å². The van der Waals surface area contributed by atoms with Crippen molar-refractivity contribution in [1.29, 1.82) is 0 Å². The van der Waals surface area contributed by atoms with Crippen molar-refractivity contribution in [3.05, 3.63) is 0 Å². The number of hydrogen-bond acceptors (Lipinski definition) is 3. The molecule has 1 N–H and O–H groups in total. The maximum atomic E-state index is 11.9. The number of hydrogen-bond donors (Lipinski definition) is 1. The highest BCUT2D eigenvalue weighted by Gasteiger charge is 2.57. The second kappa shape index (κ2) is 4.82. The minimum atomic E-state index is 0.152. The lowest BCUT2D eigenvalue weighted by Crippen LogP contribution is -2.66. The molecule has 1 heterocycles. The Hall–Kier alpha value is -0.610. The van der Waals surface area contributed by atoms with Crippen molar-refractivity contribution in [3.8, 4) is 0 Å². The first-order chi connectivity index (χ1) is 8.76. The molecule has 2 atom stereocenters. The van der Waals surface area contributed by atoms with E-state index in [-0.39, 0.29) is 11.3 Å². The van der Waals surface area contributed by atoms with Gasteiger partial charge in [-0.05, 0) is 39.0 Å². The fourth-order valence-electron chi connectivity index (χ4n) is 3.44. The molecule has 1 aliphatic heterocycles. The van der Waals surface area contributed by atoms with Crippen molar-refractivity contribution in [2.24, 2.45) is 11.3 Å². The van der Waals surface area contributed by atoms with Gasteiger partial charge in [-0.3, -0.25) is 4.79 Å². The SMILES string of the molecule is CCO[C@H]1C[C@@H](NC(=O)C2CC2)C12CCOCC2. The molecule has 4 heteroatoms. The zero-order valence-electron chi connectivity index (χ0n) is 11.1. The van der Waals surface area contributed by atoms with Crippen LogP contribution in [0.3, 0.4) is 0 Å². The standard InChI is InChI=1S/C14H23NO3/c1-2-18-12-9-11(15-13(16)10-3-4-10)14(12)5-7-17-8-6-14/h10-12H,2-9H2,1H3,(H,15,16)/t11-,12+/m1/s1. The summed E-state index contributed by atoms with van der Waals surface area (Å²) < 4.78 is 11.3. The average Bonchev–Trinajstić information content (AvgIpc) is 3.23. The van der Waals surface area contributed by atoms with E-state index in [1.807, 2.05) is 6.92 Å². The van der Waals surface area contributed by atoms with Gasteiger partial charge in [-0.25, -0.2) is 0 Å². The third-order valence-corrected chi connectivity index (χ3v) is 4.84. The minimum Gasteiger partial charge on any atom is -0.381 e. The van der Waals surface area contributed by atoms with E-state index in [2.05, 4.69) is 5.32 Å². The van der Waals surface area contributed by atoms with Gasteiger partial charge in [0, 0.05) is 37.2 Å². The highest BCUT2D eigenvalue weighted by atomic mass is 16.5. The molecule has 1 amide bonds. The second-order valence-corrected chi connectivity index (χ2v) is 5.86.